The zero-order chi connectivity index (χ0) is 10.8. The van der Waals surface area contributed by atoms with E-state index in [1.54, 1.807) is 18.2 Å². The Labute approximate surface area is 84.9 Å². The van der Waals surface area contributed by atoms with Crippen molar-refractivity contribution in [2.24, 2.45) is 0 Å². The zero-order valence-electron chi connectivity index (χ0n) is 7.84. The Kier molecular flexibility index (Phi) is 3.61. The molecule has 6 heteroatoms. The Bertz CT molecular complexity index is 404. The molecule has 4 nitrogen and oxygen atoms in total. The lowest BCUT2D eigenvalue weighted by molar-refractivity contribution is 0.327. The Morgan fingerprint density at radius 3 is 2.50 bits per heavy atom. The second-order valence-corrected chi connectivity index (χ2v) is 5.86. The Morgan fingerprint density at radius 2 is 2.00 bits per heavy atom. The molecule has 0 radical (unpaired) electrons. The van der Waals surface area contributed by atoms with Crippen LogP contribution in [0.4, 0.5) is 0 Å². The summed E-state index contributed by atoms with van der Waals surface area (Å²) >= 11 is 0. The van der Waals surface area contributed by atoms with Crippen LogP contribution in [0.15, 0.2) is 29.2 Å². The van der Waals surface area contributed by atoms with Crippen LogP contribution in [0.1, 0.15) is 0 Å². The second kappa shape index (κ2) is 4.36. The molecule has 0 amide bonds. The van der Waals surface area contributed by atoms with E-state index < -0.39 is 18.4 Å². The summed E-state index contributed by atoms with van der Waals surface area (Å²) in [5.41, 5.74) is 0. The maximum Gasteiger partial charge on any atom is 0.359 e. The maximum atomic E-state index is 11.5. The smallest absolute Gasteiger partial charge is 0.321 e. The lowest BCUT2D eigenvalue weighted by Gasteiger charge is -2.11. The molecule has 2 atom stereocenters. The van der Waals surface area contributed by atoms with Gasteiger partial charge in [-0.05, 0) is 12.1 Å². The molecule has 0 heterocycles. The average Bonchev–Trinajstić information content (AvgIpc) is 2.18. The average molecular weight is 234 g/mol. The summed E-state index contributed by atoms with van der Waals surface area (Å²) in [5.74, 6) is 0. The summed E-state index contributed by atoms with van der Waals surface area (Å²) < 4.78 is 27.3. The van der Waals surface area contributed by atoms with E-state index in [4.69, 9.17) is 0 Å². The number of rotatable bonds is 3. The van der Waals surface area contributed by atoms with Crippen molar-refractivity contribution >= 4 is 23.7 Å². The number of benzene rings is 1. The monoisotopic (exact) mass is 234 g/mol. The summed E-state index contributed by atoms with van der Waals surface area (Å²) in [6.07, 6.45) is 1.45. The van der Waals surface area contributed by atoms with Crippen LogP contribution in [0.2, 0.25) is 0 Å². The molecule has 1 rings (SSSR count). The van der Waals surface area contributed by atoms with E-state index in [2.05, 4.69) is 4.52 Å². The highest BCUT2D eigenvalue weighted by atomic mass is 32.2. The molecule has 1 unspecified atom stereocenters. The van der Waals surface area contributed by atoms with Gasteiger partial charge in [0.15, 0.2) is 0 Å². The first-order valence-electron chi connectivity index (χ1n) is 3.80. The van der Waals surface area contributed by atoms with Crippen molar-refractivity contribution in [2.75, 3.05) is 13.4 Å². The van der Waals surface area contributed by atoms with Crippen molar-refractivity contribution in [3.05, 3.63) is 24.3 Å². The summed E-state index contributed by atoms with van der Waals surface area (Å²) in [5, 5.41) is 0.100. The van der Waals surface area contributed by atoms with Crippen molar-refractivity contribution < 1.29 is 18.2 Å². The minimum Gasteiger partial charge on any atom is -0.321 e. The van der Waals surface area contributed by atoms with E-state index in [-0.39, 0.29) is 5.30 Å². The fourth-order valence-electron chi connectivity index (χ4n) is 1.03. The molecule has 1 aromatic rings. The van der Waals surface area contributed by atoms with E-state index >= 15 is 0 Å². The molecule has 14 heavy (non-hydrogen) atoms. The van der Waals surface area contributed by atoms with Crippen LogP contribution in [0.25, 0.3) is 0 Å². The van der Waals surface area contributed by atoms with E-state index in [1.165, 1.54) is 12.3 Å². The van der Waals surface area contributed by atoms with Crippen LogP contribution in [0.5, 0.6) is 0 Å². The van der Waals surface area contributed by atoms with E-state index in [0.717, 1.165) is 7.11 Å². The molecule has 0 saturated heterocycles. The Hall–Kier alpha value is -0.480. The van der Waals surface area contributed by atoms with E-state index in [9.17, 15) is 13.7 Å². The normalized spacial score (nSPS) is 17.4. The van der Waals surface area contributed by atoms with Gasteiger partial charge in [-0.15, -0.1) is 0 Å². The highest BCUT2D eigenvalue weighted by molar-refractivity contribution is 7.85. The summed E-state index contributed by atoms with van der Waals surface area (Å²) in [4.78, 5) is 9.76. The van der Waals surface area contributed by atoms with Gasteiger partial charge in [0.05, 0.1) is 21.0 Å². The molecular weight excluding hydrogens is 223 g/mol. The van der Waals surface area contributed by atoms with Crippen molar-refractivity contribution in [2.45, 2.75) is 4.90 Å². The third-order valence-electron chi connectivity index (χ3n) is 1.73. The molecular formula is C8H11O4PS. The lowest BCUT2D eigenvalue weighted by atomic mass is 10.4. The predicted octanol–water partition coefficient (Wildman–Crippen LogP) is 0.881. The van der Waals surface area contributed by atoms with Gasteiger partial charge in [0.1, 0.15) is 0 Å². The van der Waals surface area contributed by atoms with Crippen molar-refractivity contribution in [3.63, 3.8) is 0 Å². The van der Waals surface area contributed by atoms with E-state index in [0.29, 0.717) is 4.90 Å². The molecule has 0 spiro atoms. The minimum atomic E-state index is -3.81. The topological polar surface area (TPSA) is 63.6 Å². The third kappa shape index (κ3) is 2.30. The molecule has 0 aliphatic heterocycles. The lowest BCUT2D eigenvalue weighted by Crippen LogP contribution is -2.12. The zero-order valence-corrected chi connectivity index (χ0v) is 9.55. The second-order valence-electron chi connectivity index (χ2n) is 2.62. The fourth-order valence-corrected chi connectivity index (χ4v) is 3.22. The van der Waals surface area contributed by atoms with Crippen LogP contribution < -0.4 is 5.30 Å². The first kappa shape index (κ1) is 11.6. The van der Waals surface area contributed by atoms with Crippen molar-refractivity contribution in [1.82, 2.24) is 0 Å². The van der Waals surface area contributed by atoms with Crippen LogP contribution in [-0.4, -0.2) is 22.5 Å². The molecule has 0 aliphatic carbocycles. The van der Waals surface area contributed by atoms with Crippen LogP contribution in [0.3, 0.4) is 0 Å². The van der Waals surface area contributed by atoms with Gasteiger partial charge in [-0.2, -0.15) is 0 Å². The first-order valence-corrected chi connectivity index (χ1v) is 6.94. The SMILES string of the molecule is COP(=O)(O)c1ccccc1[S@@](C)=O. The molecule has 1 N–H and O–H groups in total. The largest absolute Gasteiger partial charge is 0.359 e. The van der Waals surface area contributed by atoms with Crippen molar-refractivity contribution in [3.8, 4) is 0 Å². The highest BCUT2D eigenvalue weighted by Crippen LogP contribution is 2.40. The molecule has 0 fully saturated rings. The van der Waals surface area contributed by atoms with Gasteiger partial charge in [0.2, 0.25) is 0 Å². The first-order chi connectivity index (χ1) is 6.49. The van der Waals surface area contributed by atoms with Gasteiger partial charge in [-0.3, -0.25) is 8.77 Å². The van der Waals surface area contributed by atoms with Crippen LogP contribution in [0, 0.1) is 0 Å². The molecule has 0 aliphatic rings. The van der Waals surface area contributed by atoms with Gasteiger partial charge < -0.3 is 9.42 Å². The summed E-state index contributed by atoms with van der Waals surface area (Å²) in [6.45, 7) is 0. The minimum absolute atomic E-state index is 0.100. The van der Waals surface area contributed by atoms with Gasteiger partial charge in [0, 0.05) is 13.4 Å². The number of hydrogen-bond acceptors (Lipinski definition) is 3. The molecule has 1 aromatic carbocycles. The maximum absolute atomic E-state index is 11.5. The summed E-state index contributed by atoms with van der Waals surface area (Å²) in [7, 11) is -3.96. The quantitative estimate of drug-likeness (QED) is 0.788. The van der Waals surface area contributed by atoms with Gasteiger partial charge in [-0.1, -0.05) is 12.1 Å². The van der Waals surface area contributed by atoms with E-state index in [1.807, 2.05) is 0 Å². The van der Waals surface area contributed by atoms with Gasteiger partial charge in [-0.25, -0.2) is 0 Å². The van der Waals surface area contributed by atoms with Crippen LogP contribution in [-0.2, 0) is 19.9 Å². The highest BCUT2D eigenvalue weighted by Gasteiger charge is 2.25. The fraction of sp³-hybridized carbons (Fsp3) is 0.250. The van der Waals surface area contributed by atoms with Crippen LogP contribution >= 0.6 is 7.60 Å². The predicted molar refractivity (Wildman–Crippen MR) is 55.2 cm³/mol. The molecule has 78 valence electrons. The molecule has 0 aromatic heterocycles. The molecule has 0 bridgehead atoms. The Balaban J connectivity index is 3.34. The van der Waals surface area contributed by atoms with Gasteiger partial charge >= 0.3 is 7.60 Å². The third-order valence-corrected chi connectivity index (χ3v) is 4.35. The standard InChI is InChI=1S/C8H11O4PS/c1-12-13(9,10)7-5-3-4-6-8(7)14(2)11/h3-6H,1-2H3,(H,9,10)/t14-/m1/s1. The Morgan fingerprint density at radius 1 is 1.43 bits per heavy atom. The van der Waals surface area contributed by atoms with Gasteiger partial charge in [0.25, 0.3) is 0 Å². The van der Waals surface area contributed by atoms with Crippen molar-refractivity contribution in [1.29, 1.82) is 0 Å². The number of hydrogen-bond donors (Lipinski definition) is 1. The summed E-state index contributed by atoms with van der Waals surface area (Å²) in [6, 6.07) is 6.26. The molecule has 0 saturated carbocycles.